The van der Waals surface area contributed by atoms with E-state index in [1.165, 1.54) is 19.3 Å². The molecule has 0 atom stereocenters. The van der Waals surface area contributed by atoms with Crippen LogP contribution in [0.2, 0.25) is 0 Å². The van der Waals surface area contributed by atoms with Gasteiger partial charge in [-0.2, -0.15) is 4.98 Å². The summed E-state index contributed by atoms with van der Waals surface area (Å²) in [5.74, 6) is 1.50. The Balaban J connectivity index is 2.14. The number of ether oxygens (including phenoxy) is 1. The quantitative estimate of drug-likeness (QED) is 0.895. The van der Waals surface area contributed by atoms with E-state index in [-0.39, 0.29) is 0 Å². The number of aromatic nitrogens is 1. The van der Waals surface area contributed by atoms with Crippen molar-refractivity contribution in [1.82, 2.24) is 4.98 Å². The van der Waals surface area contributed by atoms with Crippen molar-refractivity contribution in [3.05, 3.63) is 12.1 Å². The van der Waals surface area contributed by atoms with Gasteiger partial charge in [0.15, 0.2) is 5.82 Å². The molecule has 0 unspecified atom stereocenters. The van der Waals surface area contributed by atoms with Crippen LogP contribution in [0.5, 0.6) is 5.88 Å². The largest absolute Gasteiger partial charge is 0.481 e. The number of hydrogen-bond donors (Lipinski definition) is 1. The average molecular weight is 249 g/mol. The number of methoxy groups -OCH3 is 1. The van der Waals surface area contributed by atoms with Crippen LogP contribution in [0.3, 0.4) is 0 Å². The van der Waals surface area contributed by atoms with Crippen molar-refractivity contribution in [2.75, 3.05) is 30.8 Å². The fourth-order valence-electron chi connectivity index (χ4n) is 2.42. The summed E-state index contributed by atoms with van der Waals surface area (Å²) in [5, 5.41) is 0. The molecule has 0 radical (unpaired) electrons. The lowest BCUT2D eigenvalue weighted by atomic mass is 9.78. The molecule has 1 aliphatic rings. The molecule has 1 aromatic heterocycles. The minimum absolute atomic E-state index is 0.476. The minimum atomic E-state index is 0.476. The van der Waals surface area contributed by atoms with Gasteiger partial charge in [-0.25, -0.2) is 0 Å². The van der Waals surface area contributed by atoms with Crippen LogP contribution < -0.4 is 15.4 Å². The molecule has 0 spiro atoms. The molecule has 1 saturated heterocycles. The molecule has 0 saturated carbocycles. The van der Waals surface area contributed by atoms with Crippen LogP contribution in [0.1, 0.15) is 33.1 Å². The summed E-state index contributed by atoms with van der Waals surface area (Å²) in [6.07, 6.45) is 3.63. The molecule has 2 rings (SSSR count). The molecule has 100 valence electrons. The zero-order valence-corrected chi connectivity index (χ0v) is 11.6. The van der Waals surface area contributed by atoms with Crippen molar-refractivity contribution < 1.29 is 4.74 Å². The Hall–Kier alpha value is -1.45. The highest BCUT2D eigenvalue weighted by molar-refractivity contribution is 5.63. The minimum Gasteiger partial charge on any atom is -0.481 e. The summed E-state index contributed by atoms with van der Waals surface area (Å²) in [5.41, 5.74) is 7.22. The molecular weight excluding hydrogens is 226 g/mol. The lowest BCUT2D eigenvalue weighted by molar-refractivity contribution is 0.237. The Morgan fingerprint density at radius 2 is 2.06 bits per heavy atom. The molecule has 4 nitrogen and oxygen atoms in total. The first-order valence-corrected chi connectivity index (χ1v) is 6.63. The molecule has 0 bridgehead atoms. The number of nitrogens with two attached hydrogens (primary N) is 1. The van der Waals surface area contributed by atoms with Crippen molar-refractivity contribution in [2.45, 2.75) is 33.1 Å². The smallest absolute Gasteiger partial charge is 0.215 e. The number of anilines is 2. The van der Waals surface area contributed by atoms with E-state index in [0.29, 0.717) is 11.3 Å². The Morgan fingerprint density at radius 3 is 2.61 bits per heavy atom. The van der Waals surface area contributed by atoms with Crippen molar-refractivity contribution >= 4 is 11.5 Å². The number of nitrogen functional groups attached to an aromatic ring is 1. The van der Waals surface area contributed by atoms with Crippen LogP contribution in [-0.4, -0.2) is 25.2 Å². The van der Waals surface area contributed by atoms with Gasteiger partial charge in [-0.15, -0.1) is 0 Å². The lowest BCUT2D eigenvalue weighted by Crippen LogP contribution is -2.39. The maximum absolute atomic E-state index is 6.02. The molecule has 2 N–H and O–H groups in total. The monoisotopic (exact) mass is 249 g/mol. The van der Waals surface area contributed by atoms with E-state index in [2.05, 4.69) is 23.7 Å². The van der Waals surface area contributed by atoms with E-state index in [4.69, 9.17) is 10.5 Å². The molecule has 1 fully saturated rings. The van der Waals surface area contributed by atoms with Crippen molar-refractivity contribution in [1.29, 1.82) is 0 Å². The van der Waals surface area contributed by atoms with Crippen LogP contribution in [-0.2, 0) is 0 Å². The highest BCUT2D eigenvalue weighted by atomic mass is 16.5. The van der Waals surface area contributed by atoms with Gasteiger partial charge in [-0.3, -0.25) is 0 Å². The van der Waals surface area contributed by atoms with Gasteiger partial charge < -0.3 is 15.4 Å². The zero-order chi connectivity index (χ0) is 13.2. The summed E-state index contributed by atoms with van der Waals surface area (Å²) in [4.78, 5) is 6.74. The van der Waals surface area contributed by atoms with Gasteiger partial charge in [0.1, 0.15) is 0 Å². The third-order valence-electron chi connectivity index (χ3n) is 4.21. The molecule has 0 aliphatic carbocycles. The summed E-state index contributed by atoms with van der Waals surface area (Å²) >= 11 is 0. The maximum Gasteiger partial charge on any atom is 0.215 e. The molecular formula is C14H23N3O. The van der Waals surface area contributed by atoms with Crippen LogP contribution in [0.4, 0.5) is 11.5 Å². The highest BCUT2D eigenvalue weighted by Crippen LogP contribution is 2.36. The second-order valence-corrected chi connectivity index (χ2v) is 5.42. The van der Waals surface area contributed by atoms with Crippen LogP contribution >= 0.6 is 0 Å². The number of rotatable bonds is 3. The molecule has 0 aromatic carbocycles. The predicted octanol–water partition coefficient (Wildman–Crippen LogP) is 2.69. The first-order chi connectivity index (χ1) is 8.58. The first-order valence-electron chi connectivity index (χ1n) is 6.63. The molecule has 4 heteroatoms. The first kappa shape index (κ1) is 13.0. The fraction of sp³-hybridized carbons (Fsp3) is 0.643. The maximum atomic E-state index is 6.02. The summed E-state index contributed by atoms with van der Waals surface area (Å²) in [6.45, 7) is 6.68. The predicted molar refractivity (Wildman–Crippen MR) is 75.0 cm³/mol. The fourth-order valence-corrected chi connectivity index (χ4v) is 2.42. The van der Waals surface area contributed by atoms with E-state index in [0.717, 1.165) is 24.6 Å². The van der Waals surface area contributed by atoms with Crippen molar-refractivity contribution in [2.24, 2.45) is 5.41 Å². The Morgan fingerprint density at radius 1 is 1.39 bits per heavy atom. The summed E-state index contributed by atoms with van der Waals surface area (Å²) < 4.78 is 5.17. The molecule has 0 amide bonds. The second kappa shape index (κ2) is 5.04. The number of nitrogens with zero attached hydrogens (tertiary/aromatic N) is 2. The normalized spacial score (nSPS) is 18.7. The van der Waals surface area contributed by atoms with Gasteiger partial charge in [0.05, 0.1) is 12.8 Å². The van der Waals surface area contributed by atoms with Gasteiger partial charge >= 0.3 is 0 Å². The number of pyridine rings is 1. The van der Waals surface area contributed by atoms with Gasteiger partial charge in [-0.05, 0) is 24.3 Å². The SMILES string of the molecule is CCC1(C)CCN(c2nc(OC)ccc2N)CC1. The topological polar surface area (TPSA) is 51.4 Å². The van der Waals surface area contributed by atoms with Crippen LogP contribution in [0.15, 0.2) is 12.1 Å². The lowest BCUT2D eigenvalue weighted by Gasteiger charge is -2.39. The van der Waals surface area contributed by atoms with Gasteiger partial charge in [0, 0.05) is 19.2 Å². The van der Waals surface area contributed by atoms with Gasteiger partial charge in [-0.1, -0.05) is 20.3 Å². The van der Waals surface area contributed by atoms with Crippen molar-refractivity contribution in [3.63, 3.8) is 0 Å². The van der Waals surface area contributed by atoms with Crippen molar-refractivity contribution in [3.8, 4) is 5.88 Å². The Bertz CT molecular complexity index is 412. The van der Waals surface area contributed by atoms with E-state index in [1.54, 1.807) is 13.2 Å². The average Bonchev–Trinajstić information content (AvgIpc) is 2.41. The number of piperidine rings is 1. The van der Waals surface area contributed by atoms with E-state index in [9.17, 15) is 0 Å². The Labute approximate surface area is 109 Å². The van der Waals surface area contributed by atoms with E-state index < -0.39 is 0 Å². The van der Waals surface area contributed by atoms with Crippen LogP contribution in [0.25, 0.3) is 0 Å². The second-order valence-electron chi connectivity index (χ2n) is 5.42. The summed E-state index contributed by atoms with van der Waals surface area (Å²) in [7, 11) is 1.63. The third kappa shape index (κ3) is 2.52. The standard InChI is InChI=1S/C14H23N3O/c1-4-14(2)7-9-17(10-8-14)13-11(15)5-6-12(16-13)18-3/h5-6H,4,7-10,15H2,1-3H3. The molecule has 1 aliphatic heterocycles. The number of hydrogen-bond acceptors (Lipinski definition) is 4. The molecule has 1 aromatic rings. The highest BCUT2D eigenvalue weighted by Gasteiger charge is 2.29. The van der Waals surface area contributed by atoms with Gasteiger partial charge in [0.2, 0.25) is 5.88 Å². The van der Waals surface area contributed by atoms with Gasteiger partial charge in [0.25, 0.3) is 0 Å². The van der Waals surface area contributed by atoms with E-state index >= 15 is 0 Å². The molecule has 2 heterocycles. The van der Waals surface area contributed by atoms with Crippen LogP contribution in [0, 0.1) is 5.41 Å². The molecule has 18 heavy (non-hydrogen) atoms. The van der Waals surface area contributed by atoms with E-state index in [1.807, 2.05) is 6.07 Å². The summed E-state index contributed by atoms with van der Waals surface area (Å²) in [6, 6.07) is 3.67. The Kier molecular flexibility index (Phi) is 3.64. The zero-order valence-electron chi connectivity index (χ0n) is 11.6. The third-order valence-corrected chi connectivity index (χ3v) is 4.21.